The number of carbonyl (C=O) groups excluding carboxylic acids is 3. The predicted octanol–water partition coefficient (Wildman–Crippen LogP) is 2.46. The number of likely N-dealkylation sites (tertiary alicyclic amines) is 1. The van der Waals surface area contributed by atoms with Crippen molar-refractivity contribution in [3.63, 3.8) is 0 Å². The van der Waals surface area contributed by atoms with Crippen molar-refractivity contribution < 1.29 is 19.1 Å². The van der Waals surface area contributed by atoms with Crippen LogP contribution in [-0.2, 0) is 20.9 Å². The minimum Gasteiger partial charge on any atom is -0.445 e. The summed E-state index contributed by atoms with van der Waals surface area (Å²) < 4.78 is 5.22. The average molecular weight is 389 g/mol. The SMILES string of the molecule is CC[C@@H](C)[C@H](NC(=O)OCc1ccccc1)C(=O)NCC(=O)N1CCCCC1. The number of hydrogen-bond acceptors (Lipinski definition) is 4. The fourth-order valence-corrected chi connectivity index (χ4v) is 3.12. The van der Waals surface area contributed by atoms with E-state index in [2.05, 4.69) is 10.6 Å². The Bertz CT molecular complexity index is 644. The van der Waals surface area contributed by atoms with Crippen LogP contribution in [0.5, 0.6) is 0 Å². The first kappa shape index (κ1) is 21.7. The van der Waals surface area contributed by atoms with Gasteiger partial charge in [-0.05, 0) is 30.7 Å². The maximum absolute atomic E-state index is 12.6. The molecule has 0 saturated carbocycles. The first-order chi connectivity index (χ1) is 13.5. The fourth-order valence-electron chi connectivity index (χ4n) is 3.12. The van der Waals surface area contributed by atoms with Crippen molar-refractivity contribution in [2.45, 2.75) is 52.2 Å². The number of benzene rings is 1. The minimum absolute atomic E-state index is 0.0491. The van der Waals surface area contributed by atoms with E-state index in [0.29, 0.717) is 6.42 Å². The van der Waals surface area contributed by atoms with Crippen LogP contribution in [0.15, 0.2) is 30.3 Å². The molecule has 1 heterocycles. The smallest absolute Gasteiger partial charge is 0.408 e. The summed E-state index contributed by atoms with van der Waals surface area (Å²) in [7, 11) is 0. The molecule has 0 radical (unpaired) electrons. The zero-order valence-corrected chi connectivity index (χ0v) is 16.8. The lowest BCUT2D eigenvalue weighted by Gasteiger charge is -2.27. The maximum Gasteiger partial charge on any atom is 0.408 e. The van der Waals surface area contributed by atoms with Crippen molar-refractivity contribution >= 4 is 17.9 Å². The first-order valence-corrected chi connectivity index (χ1v) is 10.0. The van der Waals surface area contributed by atoms with Crippen LogP contribution in [0.2, 0.25) is 0 Å². The van der Waals surface area contributed by atoms with Crippen LogP contribution in [-0.4, -0.2) is 48.5 Å². The number of amides is 3. The summed E-state index contributed by atoms with van der Waals surface area (Å²) in [5.74, 6) is -0.534. The van der Waals surface area contributed by atoms with Crippen LogP contribution in [0.3, 0.4) is 0 Å². The third-order valence-corrected chi connectivity index (χ3v) is 5.10. The Morgan fingerprint density at radius 2 is 1.79 bits per heavy atom. The predicted molar refractivity (Wildman–Crippen MR) is 106 cm³/mol. The molecule has 1 aromatic rings. The van der Waals surface area contributed by atoms with Crippen molar-refractivity contribution in [1.82, 2.24) is 15.5 Å². The van der Waals surface area contributed by atoms with Crippen LogP contribution < -0.4 is 10.6 Å². The molecule has 2 N–H and O–H groups in total. The van der Waals surface area contributed by atoms with Gasteiger partial charge in [-0.25, -0.2) is 4.79 Å². The molecular formula is C21H31N3O4. The Morgan fingerprint density at radius 3 is 2.43 bits per heavy atom. The average Bonchev–Trinajstić information content (AvgIpc) is 2.74. The van der Waals surface area contributed by atoms with Crippen molar-refractivity contribution in [3.8, 4) is 0 Å². The van der Waals surface area contributed by atoms with E-state index < -0.39 is 12.1 Å². The van der Waals surface area contributed by atoms with Gasteiger partial charge in [-0.1, -0.05) is 50.6 Å². The maximum atomic E-state index is 12.6. The Labute approximate surface area is 166 Å². The summed E-state index contributed by atoms with van der Waals surface area (Å²) in [4.78, 5) is 38.8. The molecule has 0 aromatic heterocycles. The van der Waals surface area contributed by atoms with Gasteiger partial charge in [0.2, 0.25) is 11.8 Å². The molecule has 1 fully saturated rings. The highest BCUT2D eigenvalue weighted by molar-refractivity contribution is 5.89. The molecule has 28 heavy (non-hydrogen) atoms. The number of piperidine rings is 1. The fraction of sp³-hybridized carbons (Fsp3) is 0.571. The molecule has 7 heteroatoms. The third-order valence-electron chi connectivity index (χ3n) is 5.10. The molecule has 3 amide bonds. The first-order valence-electron chi connectivity index (χ1n) is 10.0. The van der Waals surface area contributed by atoms with Gasteiger partial charge in [0.1, 0.15) is 12.6 Å². The molecule has 1 saturated heterocycles. The molecule has 1 aromatic carbocycles. The van der Waals surface area contributed by atoms with Gasteiger partial charge in [0.15, 0.2) is 0 Å². The van der Waals surface area contributed by atoms with E-state index in [-0.39, 0.29) is 30.9 Å². The minimum atomic E-state index is -0.748. The zero-order chi connectivity index (χ0) is 20.4. The number of nitrogens with zero attached hydrogens (tertiary/aromatic N) is 1. The largest absolute Gasteiger partial charge is 0.445 e. The molecule has 0 spiro atoms. The molecule has 0 aliphatic carbocycles. The van der Waals surface area contributed by atoms with Crippen molar-refractivity contribution in [2.75, 3.05) is 19.6 Å². The second kappa shape index (κ2) is 11.3. The van der Waals surface area contributed by atoms with Gasteiger partial charge in [-0.2, -0.15) is 0 Å². The summed E-state index contributed by atoms with van der Waals surface area (Å²) in [5.41, 5.74) is 0.870. The quantitative estimate of drug-likeness (QED) is 0.715. The molecule has 2 rings (SSSR count). The highest BCUT2D eigenvalue weighted by atomic mass is 16.5. The van der Waals surface area contributed by atoms with E-state index in [1.807, 2.05) is 44.2 Å². The second-order valence-corrected chi connectivity index (χ2v) is 7.23. The van der Waals surface area contributed by atoms with Crippen LogP contribution in [0.1, 0.15) is 45.1 Å². The number of alkyl carbamates (subject to hydrolysis) is 1. The Hall–Kier alpha value is -2.57. The number of rotatable bonds is 8. The topological polar surface area (TPSA) is 87.7 Å². The van der Waals surface area contributed by atoms with E-state index in [0.717, 1.165) is 37.9 Å². The summed E-state index contributed by atoms with van der Waals surface area (Å²) in [5, 5.41) is 5.32. The summed E-state index contributed by atoms with van der Waals surface area (Å²) in [6.45, 7) is 5.40. The number of ether oxygens (including phenoxy) is 1. The lowest BCUT2D eigenvalue weighted by atomic mass is 9.98. The number of nitrogens with one attached hydrogen (secondary N) is 2. The Morgan fingerprint density at radius 1 is 1.11 bits per heavy atom. The molecule has 154 valence electrons. The zero-order valence-electron chi connectivity index (χ0n) is 16.8. The highest BCUT2D eigenvalue weighted by Gasteiger charge is 2.27. The summed E-state index contributed by atoms with van der Waals surface area (Å²) in [6, 6.07) is 8.59. The lowest BCUT2D eigenvalue weighted by Crippen LogP contribution is -2.52. The number of hydrogen-bond donors (Lipinski definition) is 2. The van der Waals surface area contributed by atoms with Gasteiger partial charge >= 0.3 is 6.09 Å². The normalized spacial score (nSPS) is 16.0. The molecule has 0 bridgehead atoms. The van der Waals surface area contributed by atoms with Gasteiger partial charge in [-0.15, -0.1) is 0 Å². The van der Waals surface area contributed by atoms with Crippen molar-refractivity contribution in [1.29, 1.82) is 0 Å². The third kappa shape index (κ3) is 6.87. The molecule has 2 atom stereocenters. The Kier molecular flexibility index (Phi) is 8.78. The van der Waals surface area contributed by atoms with Crippen molar-refractivity contribution in [2.24, 2.45) is 5.92 Å². The van der Waals surface area contributed by atoms with E-state index in [9.17, 15) is 14.4 Å². The van der Waals surface area contributed by atoms with Crippen molar-refractivity contribution in [3.05, 3.63) is 35.9 Å². The van der Waals surface area contributed by atoms with E-state index in [1.54, 1.807) is 4.90 Å². The Balaban J connectivity index is 1.84. The van der Waals surface area contributed by atoms with E-state index in [4.69, 9.17) is 4.74 Å². The molecule has 7 nitrogen and oxygen atoms in total. The monoisotopic (exact) mass is 389 g/mol. The van der Waals surface area contributed by atoms with Crippen LogP contribution in [0.25, 0.3) is 0 Å². The summed E-state index contributed by atoms with van der Waals surface area (Å²) in [6.07, 6.45) is 3.21. The van der Waals surface area contributed by atoms with Crippen LogP contribution in [0.4, 0.5) is 4.79 Å². The molecule has 0 unspecified atom stereocenters. The van der Waals surface area contributed by atoms with Gasteiger partial charge in [0, 0.05) is 13.1 Å². The van der Waals surface area contributed by atoms with Gasteiger partial charge < -0.3 is 20.3 Å². The van der Waals surface area contributed by atoms with Crippen LogP contribution in [0, 0.1) is 5.92 Å². The second-order valence-electron chi connectivity index (χ2n) is 7.23. The van der Waals surface area contributed by atoms with E-state index in [1.165, 1.54) is 0 Å². The van der Waals surface area contributed by atoms with Gasteiger partial charge in [0.25, 0.3) is 0 Å². The standard InChI is InChI=1S/C21H31N3O4/c1-3-16(2)19(23-21(27)28-15-17-10-6-4-7-11-17)20(26)22-14-18(25)24-12-8-5-9-13-24/h4,6-7,10-11,16,19H,3,5,8-9,12-15H2,1-2H3,(H,22,26)(H,23,27)/t16-,19+/m1/s1. The lowest BCUT2D eigenvalue weighted by molar-refractivity contribution is -0.134. The van der Waals surface area contributed by atoms with E-state index >= 15 is 0 Å². The molecule has 1 aliphatic rings. The van der Waals surface area contributed by atoms with Crippen LogP contribution >= 0.6 is 0 Å². The van der Waals surface area contributed by atoms with Gasteiger partial charge in [0.05, 0.1) is 6.54 Å². The summed E-state index contributed by atoms with van der Waals surface area (Å²) >= 11 is 0. The van der Waals surface area contributed by atoms with Gasteiger partial charge in [-0.3, -0.25) is 9.59 Å². The molecule has 1 aliphatic heterocycles. The highest BCUT2D eigenvalue weighted by Crippen LogP contribution is 2.10. The molecular weight excluding hydrogens is 358 g/mol. The number of carbonyl (C=O) groups is 3.